The molecule has 0 aliphatic rings. The third-order valence-electron chi connectivity index (χ3n) is 1.33. The van der Waals surface area contributed by atoms with Crippen LogP contribution in [0.3, 0.4) is 0 Å². The Morgan fingerprint density at radius 1 is 1.73 bits per heavy atom. The maximum absolute atomic E-state index is 10.8. The molecule has 0 saturated heterocycles. The first-order valence-corrected chi connectivity index (χ1v) is 4.78. The number of hydrogen-bond acceptors (Lipinski definition) is 2. The lowest BCUT2D eigenvalue weighted by molar-refractivity contribution is 0.588. The van der Waals surface area contributed by atoms with Crippen molar-refractivity contribution in [2.45, 2.75) is 18.6 Å². The van der Waals surface area contributed by atoms with E-state index in [1.807, 2.05) is 0 Å². The summed E-state index contributed by atoms with van der Waals surface area (Å²) in [4.78, 5) is 0. The topological polar surface area (TPSA) is 60.2 Å². The highest BCUT2D eigenvalue weighted by Crippen LogP contribution is 2.11. The van der Waals surface area contributed by atoms with E-state index >= 15 is 0 Å². The van der Waals surface area contributed by atoms with Crippen molar-refractivity contribution >= 4 is 10.0 Å². The zero-order valence-electron chi connectivity index (χ0n) is 6.58. The molecule has 0 aromatic rings. The fourth-order valence-corrected chi connectivity index (χ4v) is 1.73. The van der Waals surface area contributed by atoms with Crippen LogP contribution in [0.1, 0.15) is 13.3 Å². The second kappa shape index (κ2) is 3.69. The first kappa shape index (κ1) is 10.4. The van der Waals surface area contributed by atoms with Crippen LogP contribution in [-0.4, -0.2) is 13.7 Å². The summed E-state index contributed by atoms with van der Waals surface area (Å²) in [6, 6.07) is 0. The van der Waals surface area contributed by atoms with Crippen molar-refractivity contribution in [2.75, 3.05) is 0 Å². The Morgan fingerprint density at radius 2 is 2.18 bits per heavy atom. The van der Waals surface area contributed by atoms with Crippen molar-refractivity contribution in [3.05, 3.63) is 24.8 Å². The molecule has 0 rings (SSSR count). The number of allylic oxidation sites excluding steroid dienone is 1. The van der Waals surface area contributed by atoms with Gasteiger partial charge in [0, 0.05) is 0 Å². The quantitative estimate of drug-likeness (QED) is 0.642. The van der Waals surface area contributed by atoms with Crippen LogP contribution >= 0.6 is 0 Å². The van der Waals surface area contributed by atoms with Gasteiger partial charge in [-0.15, -0.1) is 6.58 Å². The van der Waals surface area contributed by atoms with E-state index < -0.39 is 15.3 Å². The van der Waals surface area contributed by atoms with E-state index in [0.29, 0.717) is 12.0 Å². The smallest absolute Gasteiger partial charge is 0.216 e. The van der Waals surface area contributed by atoms with Gasteiger partial charge in [0.05, 0.1) is 5.25 Å². The number of hydrogen-bond donors (Lipinski definition) is 1. The molecular weight excluding hydrogens is 162 g/mol. The van der Waals surface area contributed by atoms with Crippen LogP contribution in [0.25, 0.3) is 0 Å². The number of sulfonamides is 1. The molecule has 2 N–H and O–H groups in total. The maximum Gasteiger partial charge on any atom is 0.216 e. The summed E-state index contributed by atoms with van der Waals surface area (Å²) in [5.74, 6) is 0. The molecular formula is C7H13NO2S. The summed E-state index contributed by atoms with van der Waals surface area (Å²) in [6.45, 7) is 8.61. The van der Waals surface area contributed by atoms with Gasteiger partial charge in [0.2, 0.25) is 10.0 Å². The molecule has 0 radical (unpaired) electrons. The van der Waals surface area contributed by atoms with Crippen molar-refractivity contribution < 1.29 is 8.42 Å². The van der Waals surface area contributed by atoms with Crippen molar-refractivity contribution in [3.8, 4) is 0 Å². The molecule has 0 aliphatic heterocycles. The first-order chi connectivity index (χ1) is 4.89. The number of nitrogens with two attached hydrogens (primary N) is 1. The Labute approximate surface area is 67.7 Å². The number of rotatable bonds is 4. The monoisotopic (exact) mass is 175 g/mol. The van der Waals surface area contributed by atoms with E-state index in [0.717, 1.165) is 0 Å². The van der Waals surface area contributed by atoms with Gasteiger partial charge in [-0.1, -0.05) is 18.2 Å². The van der Waals surface area contributed by atoms with Crippen molar-refractivity contribution in [1.29, 1.82) is 0 Å². The van der Waals surface area contributed by atoms with Gasteiger partial charge in [-0.3, -0.25) is 0 Å². The normalized spacial score (nSPS) is 14.0. The highest BCUT2D eigenvalue weighted by Gasteiger charge is 2.19. The SMILES string of the molecule is C=CC[C@H](C(=C)C)S(N)(=O)=O. The predicted octanol–water partition coefficient (Wildman–Crippen LogP) is 0.796. The fraction of sp³-hybridized carbons (Fsp3) is 0.429. The van der Waals surface area contributed by atoms with Gasteiger partial charge in [-0.25, -0.2) is 13.6 Å². The lowest BCUT2D eigenvalue weighted by atomic mass is 10.2. The van der Waals surface area contributed by atoms with Gasteiger partial charge in [-0.2, -0.15) is 0 Å². The van der Waals surface area contributed by atoms with Gasteiger partial charge in [0.1, 0.15) is 0 Å². The molecule has 0 aromatic heterocycles. The van der Waals surface area contributed by atoms with Crippen LogP contribution in [0.15, 0.2) is 24.8 Å². The minimum atomic E-state index is -3.50. The summed E-state index contributed by atoms with van der Waals surface area (Å²) < 4.78 is 21.7. The lowest BCUT2D eigenvalue weighted by Crippen LogP contribution is -2.28. The van der Waals surface area contributed by atoms with Crippen molar-refractivity contribution in [3.63, 3.8) is 0 Å². The molecule has 0 saturated carbocycles. The standard InChI is InChI=1S/C7H13NO2S/c1-4-5-7(6(2)3)11(8,9)10/h4,7H,1-2,5H2,3H3,(H2,8,9,10)/t7-/m1/s1. The van der Waals surface area contributed by atoms with Gasteiger partial charge in [0.25, 0.3) is 0 Å². The highest BCUT2D eigenvalue weighted by atomic mass is 32.2. The summed E-state index contributed by atoms with van der Waals surface area (Å²) in [5, 5.41) is 4.25. The van der Waals surface area contributed by atoms with Gasteiger partial charge < -0.3 is 0 Å². The largest absolute Gasteiger partial charge is 0.228 e. The zero-order chi connectivity index (χ0) is 9.07. The second-order valence-electron chi connectivity index (χ2n) is 2.45. The average Bonchev–Trinajstić information content (AvgIpc) is 1.79. The fourth-order valence-electron chi connectivity index (χ4n) is 0.767. The Kier molecular flexibility index (Phi) is 3.48. The molecule has 0 spiro atoms. The summed E-state index contributed by atoms with van der Waals surface area (Å²) >= 11 is 0. The zero-order valence-corrected chi connectivity index (χ0v) is 7.39. The van der Waals surface area contributed by atoms with Gasteiger partial charge in [0.15, 0.2) is 0 Å². The second-order valence-corrected chi connectivity index (χ2v) is 4.20. The molecule has 0 aromatic carbocycles. The van der Waals surface area contributed by atoms with E-state index in [-0.39, 0.29) is 0 Å². The molecule has 0 unspecified atom stereocenters. The van der Waals surface area contributed by atoms with Crippen molar-refractivity contribution in [2.24, 2.45) is 5.14 Å². The summed E-state index contributed by atoms with van der Waals surface area (Å²) in [5.41, 5.74) is 0.549. The minimum absolute atomic E-state index is 0.328. The number of primary sulfonamides is 1. The molecule has 1 atom stereocenters. The van der Waals surface area contributed by atoms with Crippen LogP contribution in [0.4, 0.5) is 0 Å². The summed E-state index contributed by atoms with van der Waals surface area (Å²) in [7, 11) is -3.50. The van der Waals surface area contributed by atoms with Crippen molar-refractivity contribution in [1.82, 2.24) is 0 Å². The molecule has 64 valence electrons. The third-order valence-corrected chi connectivity index (χ3v) is 2.71. The Morgan fingerprint density at radius 3 is 2.27 bits per heavy atom. The molecule has 0 bridgehead atoms. The molecule has 0 fully saturated rings. The Bertz CT molecular complexity index is 254. The molecule has 0 amide bonds. The van der Waals surface area contributed by atoms with E-state index in [1.54, 1.807) is 6.92 Å². The van der Waals surface area contributed by atoms with E-state index in [4.69, 9.17) is 5.14 Å². The van der Waals surface area contributed by atoms with E-state index in [1.165, 1.54) is 6.08 Å². The molecule has 4 heteroatoms. The highest BCUT2D eigenvalue weighted by molar-refractivity contribution is 7.90. The third kappa shape index (κ3) is 3.34. The van der Waals surface area contributed by atoms with E-state index in [9.17, 15) is 8.42 Å². The van der Waals surface area contributed by atoms with Crippen LogP contribution in [0.5, 0.6) is 0 Å². The van der Waals surface area contributed by atoms with Gasteiger partial charge in [-0.05, 0) is 13.3 Å². The Balaban J connectivity index is 4.62. The molecule has 11 heavy (non-hydrogen) atoms. The summed E-state index contributed by atoms with van der Waals surface area (Å²) in [6.07, 6.45) is 1.85. The molecule has 3 nitrogen and oxygen atoms in total. The Hall–Kier alpha value is -0.610. The predicted molar refractivity (Wildman–Crippen MR) is 46.5 cm³/mol. The van der Waals surface area contributed by atoms with E-state index in [2.05, 4.69) is 13.2 Å². The van der Waals surface area contributed by atoms with Crippen LogP contribution in [-0.2, 0) is 10.0 Å². The van der Waals surface area contributed by atoms with Crippen LogP contribution in [0, 0.1) is 0 Å². The molecule has 0 aliphatic carbocycles. The van der Waals surface area contributed by atoms with Gasteiger partial charge >= 0.3 is 0 Å². The maximum atomic E-state index is 10.8. The first-order valence-electron chi connectivity index (χ1n) is 3.17. The minimum Gasteiger partial charge on any atom is -0.228 e. The molecule has 0 heterocycles. The average molecular weight is 175 g/mol. The van der Waals surface area contributed by atoms with Crippen LogP contribution in [0.2, 0.25) is 0 Å². The lowest BCUT2D eigenvalue weighted by Gasteiger charge is -2.11. The van der Waals surface area contributed by atoms with Crippen LogP contribution < -0.4 is 5.14 Å².